The van der Waals surface area contributed by atoms with E-state index in [-0.39, 0.29) is 15.7 Å². The van der Waals surface area contributed by atoms with Gasteiger partial charge in [-0.2, -0.15) is 0 Å². The zero-order chi connectivity index (χ0) is 12.3. The number of alkyl halides is 1. The van der Waals surface area contributed by atoms with Crippen molar-refractivity contribution in [2.24, 2.45) is 0 Å². The van der Waals surface area contributed by atoms with Crippen LogP contribution in [0.25, 0.3) is 0 Å². The number of aliphatic hydroxyl groups is 2. The molecule has 2 atom stereocenters. The average molecular weight is 329 g/mol. The molecule has 4 N–H and O–H groups in total. The Kier molecular flexibility index (Phi) is 5.34. The Hall–Kier alpha value is -0.0000000000000000555. The van der Waals surface area contributed by atoms with Crippen LogP contribution in [0.4, 0.5) is 5.69 Å². The lowest BCUT2D eigenvalue weighted by atomic mass is 10.0. The van der Waals surface area contributed by atoms with Gasteiger partial charge in [-0.3, -0.25) is 0 Å². The maximum absolute atomic E-state index is 9.83. The molecular formula is C10H12BrCl2NO2. The first-order valence-corrected chi connectivity index (χ1v) is 6.51. The van der Waals surface area contributed by atoms with Crippen LogP contribution in [-0.2, 0) is 0 Å². The summed E-state index contributed by atoms with van der Waals surface area (Å²) in [6, 6.07) is 3.01. The van der Waals surface area contributed by atoms with Crippen LogP contribution in [0.15, 0.2) is 12.1 Å². The molecule has 0 bridgehead atoms. The Morgan fingerprint density at radius 1 is 1.25 bits per heavy atom. The predicted octanol–water partition coefficient (Wildman–Crippen LogP) is 2.75. The SMILES string of the molecule is Nc1c(Cl)cc(C(O)C(O)CCBr)cc1Cl. The van der Waals surface area contributed by atoms with E-state index in [0.717, 1.165) is 0 Å². The van der Waals surface area contributed by atoms with E-state index in [4.69, 9.17) is 28.9 Å². The molecule has 1 rings (SSSR count). The molecule has 16 heavy (non-hydrogen) atoms. The Labute approximate surface area is 112 Å². The maximum atomic E-state index is 9.83. The van der Waals surface area contributed by atoms with Crippen LogP contribution < -0.4 is 5.73 Å². The third-order valence-electron chi connectivity index (χ3n) is 2.21. The van der Waals surface area contributed by atoms with Gasteiger partial charge in [0.25, 0.3) is 0 Å². The lowest BCUT2D eigenvalue weighted by molar-refractivity contribution is 0.0174. The molecule has 0 amide bonds. The van der Waals surface area contributed by atoms with Crippen molar-refractivity contribution in [2.45, 2.75) is 18.6 Å². The van der Waals surface area contributed by atoms with Crippen LogP contribution in [0.3, 0.4) is 0 Å². The fraction of sp³-hybridized carbons (Fsp3) is 0.400. The van der Waals surface area contributed by atoms with Crippen LogP contribution in [-0.4, -0.2) is 21.6 Å². The van der Waals surface area contributed by atoms with E-state index >= 15 is 0 Å². The van der Waals surface area contributed by atoms with Gasteiger partial charge in [-0.15, -0.1) is 0 Å². The molecular weight excluding hydrogens is 317 g/mol. The molecule has 0 aliphatic rings. The van der Waals surface area contributed by atoms with Gasteiger partial charge >= 0.3 is 0 Å². The standard InChI is InChI=1S/C10H12BrCl2NO2/c11-2-1-8(15)10(16)5-3-6(12)9(14)7(13)4-5/h3-4,8,10,15-16H,1-2,14H2. The molecule has 0 saturated heterocycles. The van der Waals surface area contributed by atoms with Crippen molar-refractivity contribution in [3.8, 4) is 0 Å². The highest BCUT2D eigenvalue weighted by Crippen LogP contribution is 2.32. The molecule has 3 nitrogen and oxygen atoms in total. The molecule has 0 radical (unpaired) electrons. The van der Waals surface area contributed by atoms with Crippen molar-refractivity contribution in [3.05, 3.63) is 27.7 Å². The molecule has 0 spiro atoms. The van der Waals surface area contributed by atoms with E-state index in [0.29, 0.717) is 17.3 Å². The predicted molar refractivity (Wildman–Crippen MR) is 70.3 cm³/mol. The van der Waals surface area contributed by atoms with Crippen molar-refractivity contribution < 1.29 is 10.2 Å². The van der Waals surface area contributed by atoms with Crippen LogP contribution >= 0.6 is 39.1 Å². The first-order chi connectivity index (χ1) is 7.47. The van der Waals surface area contributed by atoms with Crippen LogP contribution in [0.5, 0.6) is 0 Å². The molecule has 0 fully saturated rings. The molecule has 0 aromatic heterocycles. The fourth-order valence-electron chi connectivity index (χ4n) is 1.27. The lowest BCUT2D eigenvalue weighted by Crippen LogP contribution is -2.18. The van der Waals surface area contributed by atoms with Gasteiger partial charge in [0.1, 0.15) is 6.10 Å². The van der Waals surface area contributed by atoms with Gasteiger partial charge in [0.2, 0.25) is 0 Å². The van der Waals surface area contributed by atoms with Gasteiger partial charge in [-0.25, -0.2) is 0 Å². The van der Waals surface area contributed by atoms with Gasteiger partial charge in [-0.1, -0.05) is 39.1 Å². The van der Waals surface area contributed by atoms with E-state index < -0.39 is 12.2 Å². The van der Waals surface area contributed by atoms with E-state index in [1.165, 1.54) is 12.1 Å². The van der Waals surface area contributed by atoms with E-state index in [2.05, 4.69) is 15.9 Å². The molecule has 2 unspecified atom stereocenters. The van der Waals surface area contributed by atoms with E-state index in [9.17, 15) is 10.2 Å². The monoisotopic (exact) mass is 327 g/mol. The molecule has 0 saturated carbocycles. The number of rotatable bonds is 4. The van der Waals surface area contributed by atoms with E-state index in [1.807, 2.05) is 0 Å². The van der Waals surface area contributed by atoms with Crippen LogP contribution in [0.1, 0.15) is 18.1 Å². The van der Waals surface area contributed by atoms with Crippen molar-refractivity contribution in [3.63, 3.8) is 0 Å². The van der Waals surface area contributed by atoms with Crippen LogP contribution in [0.2, 0.25) is 10.0 Å². The molecule has 1 aromatic carbocycles. The Morgan fingerprint density at radius 2 is 1.75 bits per heavy atom. The fourth-order valence-corrected chi connectivity index (χ4v) is 2.24. The van der Waals surface area contributed by atoms with Crippen molar-refractivity contribution in [2.75, 3.05) is 11.1 Å². The van der Waals surface area contributed by atoms with Crippen molar-refractivity contribution in [1.29, 1.82) is 0 Å². The second kappa shape index (κ2) is 6.07. The number of halogens is 3. The quantitative estimate of drug-likeness (QED) is 0.588. The second-order valence-corrected chi connectivity index (χ2v) is 5.00. The number of nitrogens with two attached hydrogens (primary N) is 1. The number of benzene rings is 1. The average Bonchev–Trinajstić information content (AvgIpc) is 2.24. The van der Waals surface area contributed by atoms with Gasteiger partial charge in [-0.05, 0) is 24.1 Å². The highest BCUT2D eigenvalue weighted by Gasteiger charge is 2.19. The highest BCUT2D eigenvalue weighted by molar-refractivity contribution is 9.09. The summed E-state index contributed by atoms with van der Waals surface area (Å²) < 4.78 is 0. The van der Waals surface area contributed by atoms with Gasteiger partial charge < -0.3 is 15.9 Å². The zero-order valence-electron chi connectivity index (χ0n) is 8.33. The molecule has 1 aromatic rings. The Balaban J connectivity index is 2.96. The minimum Gasteiger partial charge on any atom is -0.396 e. The van der Waals surface area contributed by atoms with Gasteiger partial charge in [0, 0.05) is 5.33 Å². The minimum absolute atomic E-state index is 0.271. The summed E-state index contributed by atoms with van der Waals surface area (Å²) in [5.41, 5.74) is 6.30. The summed E-state index contributed by atoms with van der Waals surface area (Å²) >= 11 is 14.9. The first-order valence-electron chi connectivity index (χ1n) is 4.64. The smallest absolute Gasteiger partial charge is 0.105 e. The van der Waals surface area contributed by atoms with Crippen molar-refractivity contribution >= 4 is 44.8 Å². The summed E-state index contributed by atoms with van der Waals surface area (Å²) in [4.78, 5) is 0. The summed E-state index contributed by atoms with van der Waals surface area (Å²) in [6.07, 6.45) is -1.45. The maximum Gasteiger partial charge on any atom is 0.105 e. The summed E-state index contributed by atoms with van der Waals surface area (Å²) in [5, 5.41) is 20.6. The highest BCUT2D eigenvalue weighted by atomic mass is 79.9. The largest absolute Gasteiger partial charge is 0.396 e. The third-order valence-corrected chi connectivity index (χ3v) is 3.30. The first kappa shape index (κ1) is 14.1. The normalized spacial score (nSPS) is 14.8. The summed E-state index contributed by atoms with van der Waals surface area (Å²) in [6.45, 7) is 0. The molecule has 6 heteroatoms. The Morgan fingerprint density at radius 3 is 2.19 bits per heavy atom. The summed E-state index contributed by atoms with van der Waals surface area (Å²) in [7, 11) is 0. The van der Waals surface area contributed by atoms with Crippen LogP contribution in [0, 0.1) is 0 Å². The number of anilines is 1. The summed E-state index contributed by atoms with van der Waals surface area (Å²) in [5.74, 6) is 0. The molecule has 0 aliphatic carbocycles. The third kappa shape index (κ3) is 3.25. The van der Waals surface area contributed by atoms with E-state index in [1.54, 1.807) is 0 Å². The molecule has 0 heterocycles. The van der Waals surface area contributed by atoms with Gasteiger partial charge in [0.05, 0.1) is 21.8 Å². The number of hydrogen-bond acceptors (Lipinski definition) is 3. The number of hydrogen-bond donors (Lipinski definition) is 3. The van der Waals surface area contributed by atoms with Crippen molar-refractivity contribution in [1.82, 2.24) is 0 Å². The second-order valence-electron chi connectivity index (χ2n) is 3.39. The topological polar surface area (TPSA) is 66.5 Å². The Bertz CT molecular complexity index is 353. The minimum atomic E-state index is -1.02. The molecule has 90 valence electrons. The number of nitrogen functional groups attached to an aromatic ring is 1. The lowest BCUT2D eigenvalue weighted by Gasteiger charge is -2.18. The zero-order valence-corrected chi connectivity index (χ0v) is 11.4. The van der Waals surface area contributed by atoms with Gasteiger partial charge in [0.15, 0.2) is 0 Å². The number of aliphatic hydroxyl groups excluding tert-OH is 2. The molecule has 0 aliphatic heterocycles.